The monoisotopic (exact) mass is 495 g/mol. The number of nitrogens with one attached hydrogen (secondary N) is 3. The number of alkyl carbamates (subject to hydrolysis) is 1. The highest BCUT2D eigenvalue weighted by Crippen LogP contribution is 2.23. The van der Waals surface area contributed by atoms with Crippen molar-refractivity contribution < 1.29 is 18.8 Å². The van der Waals surface area contributed by atoms with Crippen molar-refractivity contribution in [1.29, 1.82) is 0 Å². The Balaban J connectivity index is 1.49. The molecule has 4 aromatic rings. The summed E-state index contributed by atoms with van der Waals surface area (Å²) in [6.45, 7) is 12.5. The van der Waals surface area contributed by atoms with Crippen LogP contribution in [0.2, 0.25) is 0 Å². The molecule has 3 aromatic heterocycles. The Hall–Kier alpha value is -4.02. The number of ether oxygens (including phenoxy) is 2. The topological polar surface area (TPSA) is 136 Å². The Labute approximate surface area is 210 Å². The number of nitrogen functional groups attached to an aromatic ring is 1. The summed E-state index contributed by atoms with van der Waals surface area (Å²) >= 11 is 0. The Morgan fingerprint density at radius 3 is 2.75 bits per heavy atom. The van der Waals surface area contributed by atoms with Crippen LogP contribution in [0.15, 0.2) is 30.5 Å². The van der Waals surface area contributed by atoms with Gasteiger partial charge in [0.1, 0.15) is 30.0 Å². The molecule has 0 spiro atoms. The van der Waals surface area contributed by atoms with Crippen molar-refractivity contribution in [2.45, 2.75) is 59.9 Å². The molecule has 1 aromatic carbocycles. The molecule has 0 bridgehead atoms. The van der Waals surface area contributed by atoms with Crippen LogP contribution in [-0.2, 0) is 24.4 Å². The summed E-state index contributed by atoms with van der Waals surface area (Å²) in [4.78, 5) is 23.8. The zero-order valence-corrected chi connectivity index (χ0v) is 21.5. The van der Waals surface area contributed by atoms with Crippen LogP contribution in [0, 0.1) is 0 Å². The van der Waals surface area contributed by atoms with Gasteiger partial charge in [0.05, 0.1) is 19.6 Å². The van der Waals surface area contributed by atoms with E-state index in [0.717, 1.165) is 41.2 Å². The molecule has 0 atom stereocenters. The highest BCUT2D eigenvalue weighted by molar-refractivity contribution is 5.77. The molecule has 0 radical (unpaired) electrons. The Morgan fingerprint density at radius 2 is 2.03 bits per heavy atom. The van der Waals surface area contributed by atoms with E-state index in [1.165, 1.54) is 0 Å². The molecule has 1 amide bonds. The zero-order valence-electron chi connectivity index (χ0n) is 21.5. The third-order valence-electron chi connectivity index (χ3n) is 5.65. The highest BCUT2D eigenvalue weighted by Gasteiger charge is 2.24. The van der Waals surface area contributed by atoms with Crippen molar-refractivity contribution in [2.75, 3.05) is 24.2 Å². The first-order chi connectivity index (χ1) is 17.2. The molecule has 4 rings (SSSR count). The molecule has 0 aliphatic carbocycles. The summed E-state index contributed by atoms with van der Waals surface area (Å²) in [5.41, 5.74) is 9.19. The maximum absolute atomic E-state index is 11.8. The van der Waals surface area contributed by atoms with Crippen molar-refractivity contribution in [3.05, 3.63) is 36.3 Å². The number of carbonyl (C=O) groups is 1. The number of anilines is 2. The minimum atomic E-state index is -0.532. The van der Waals surface area contributed by atoms with Crippen molar-refractivity contribution >= 4 is 39.9 Å². The number of carbonyl (C=O) groups excluding carboxylic acids is 1. The van der Waals surface area contributed by atoms with Crippen LogP contribution in [-0.4, -0.2) is 44.4 Å². The Morgan fingerprint density at radius 1 is 1.22 bits per heavy atom. The molecular formula is C25H35N8O3+. The first-order valence-electron chi connectivity index (χ1n) is 12.2. The number of nitrogens with two attached hydrogens (primary N) is 1. The highest BCUT2D eigenvalue weighted by atomic mass is 16.6. The van der Waals surface area contributed by atoms with Gasteiger partial charge in [-0.25, -0.2) is 23.9 Å². The summed E-state index contributed by atoms with van der Waals surface area (Å²) in [6, 6.07) is 7.91. The third-order valence-corrected chi connectivity index (χ3v) is 5.65. The molecule has 0 saturated carbocycles. The van der Waals surface area contributed by atoms with Gasteiger partial charge in [0.2, 0.25) is 0 Å². The molecule has 0 saturated heterocycles. The van der Waals surface area contributed by atoms with Crippen molar-refractivity contribution in [3.63, 3.8) is 0 Å². The van der Waals surface area contributed by atoms with Crippen molar-refractivity contribution in [2.24, 2.45) is 0 Å². The summed E-state index contributed by atoms with van der Waals surface area (Å²) in [6.07, 6.45) is 1.34. The largest absolute Gasteiger partial charge is 0.492 e. The summed E-state index contributed by atoms with van der Waals surface area (Å²) in [5, 5.41) is 6.08. The number of nitrogens with zero attached hydrogens (tertiary/aromatic N) is 4. The number of imidazole rings is 1. The predicted molar refractivity (Wildman–Crippen MR) is 139 cm³/mol. The third kappa shape index (κ3) is 5.45. The second-order valence-corrected chi connectivity index (χ2v) is 9.35. The van der Waals surface area contributed by atoms with Crippen molar-refractivity contribution in [1.82, 2.24) is 24.8 Å². The number of H-pyrrole nitrogens is 1. The number of rotatable bonds is 9. The number of amides is 1. The van der Waals surface area contributed by atoms with E-state index < -0.39 is 11.7 Å². The van der Waals surface area contributed by atoms with E-state index in [1.807, 2.05) is 39.0 Å². The van der Waals surface area contributed by atoms with Gasteiger partial charge in [0.25, 0.3) is 5.82 Å². The van der Waals surface area contributed by atoms with E-state index in [-0.39, 0.29) is 0 Å². The van der Waals surface area contributed by atoms with Crippen LogP contribution in [0.1, 0.15) is 40.4 Å². The lowest BCUT2D eigenvalue weighted by molar-refractivity contribution is -0.676. The quantitative estimate of drug-likeness (QED) is 0.206. The first-order valence-corrected chi connectivity index (χ1v) is 12.2. The Kier molecular flexibility index (Phi) is 7.18. The number of aromatic nitrogens is 5. The van der Waals surface area contributed by atoms with Gasteiger partial charge < -0.3 is 30.8 Å². The first kappa shape index (κ1) is 25.1. The van der Waals surface area contributed by atoms with Crippen LogP contribution < -0.4 is 25.7 Å². The smallest absolute Gasteiger partial charge is 0.407 e. The van der Waals surface area contributed by atoms with E-state index in [0.29, 0.717) is 37.0 Å². The zero-order chi connectivity index (χ0) is 25.9. The average molecular weight is 496 g/mol. The van der Waals surface area contributed by atoms with Gasteiger partial charge in [-0.1, -0.05) is 0 Å². The fourth-order valence-corrected chi connectivity index (χ4v) is 4.17. The van der Waals surface area contributed by atoms with Gasteiger partial charge in [-0.05, 0) is 52.8 Å². The van der Waals surface area contributed by atoms with Gasteiger partial charge >= 0.3 is 6.09 Å². The van der Waals surface area contributed by atoms with E-state index in [9.17, 15) is 4.79 Å². The number of hydrogen-bond donors (Lipinski definition) is 4. The molecule has 11 heteroatoms. The van der Waals surface area contributed by atoms with Gasteiger partial charge in [-0.2, -0.15) is 0 Å². The lowest BCUT2D eigenvalue weighted by Crippen LogP contribution is -2.38. The van der Waals surface area contributed by atoms with Gasteiger partial charge in [0, 0.05) is 12.3 Å². The molecule has 0 aliphatic rings. The average Bonchev–Trinajstić information content (AvgIpc) is 3.39. The molecule has 0 aliphatic heterocycles. The second kappa shape index (κ2) is 10.3. The normalized spacial score (nSPS) is 11.7. The number of benzene rings is 1. The SMILES string of the molecule is CCn1c(CNc2nc3cc[nH]c3nc2N)[n+](CC)c2ccc(OCCNC(=O)OC(C)(C)C)cc21. The van der Waals surface area contributed by atoms with Crippen LogP contribution in [0.25, 0.3) is 22.2 Å². The molecule has 11 nitrogen and oxygen atoms in total. The minimum absolute atomic E-state index is 0.333. The standard InChI is InChI=1S/C25H34N8O3/c1-6-32-18-9-8-16(35-13-12-28-24(34)36-25(3,4)5)14-19(18)33(7-2)20(32)15-29-23-21(26)31-22-17(30-23)10-11-27-22/h8-11,14H,6-7,12-13,15H2,1-5H3,(H4-,26,27,28,29,30,31,34)/p+1. The maximum Gasteiger partial charge on any atom is 0.407 e. The van der Waals surface area contributed by atoms with Crippen molar-refractivity contribution in [3.8, 4) is 5.75 Å². The molecule has 5 N–H and O–H groups in total. The lowest BCUT2D eigenvalue weighted by atomic mass is 10.2. The molecule has 36 heavy (non-hydrogen) atoms. The van der Waals surface area contributed by atoms with Gasteiger partial charge in [-0.3, -0.25) is 0 Å². The molecule has 0 unspecified atom stereocenters. The summed E-state index contributed by atoms with van der Waals surface area (Å²) in [5.74, 6) is 2.73. The molecule has 3 heterocycles. The summed E-state index contributed by atoms with van der Waals surface area (Å²) in [7, 11) is 0. The second-order valence-electron chi connectivity index (χ2n) is 9.35. The van der Waals surface area contributed by atoms with E-state index in [2.05, 4.69) is 54.6 Å². The summed E-state index contributed by atoms with van der Waals surface area (Å²) < 4.78 is 15.7. The number of aryl methyl sites for hydroxylation is 2. The van der Waals surface area contributed by atoms with Gasteiger partial charge in [-0.15, -0.1) is 0 Å². The van der Waals surface area contributed by atoms with Crippen LogP contribution in [0.3, 0.4) is 0 Å². The van der Waals surface area contributed by atoms with Crippen LogP contribution in [0.4, 0.5) is 16.4 Å². The van der Waals surface area contributed by atoms with E-state index in [4.69, 9.17) is 15.2 Å². The minimum Gasteiger partial charge on any atom is -0.492 e. The van der Waals surface area contributed by atoms with E-state index >= 15 is 0 Å². The molecule has 0 fully saturated rings. The molecule has 192 valence electrons. The number of fused-ring (bicyclic) bond motifs is 2. The lowest BCUT2D eigenvalue weighted by Gasteiger charge is -2.19. The maximum atomic E-state index is 11.8. The van der Waals surface area contributed by atoms with Crippen LogP contribution >= 0.6 is 0 Å². The van der Waals surface area contributed by atoms with E-state index in [1.54, 1.807) is 6.20 Å². The Bertz CT molecular complexity index is 1370. The fourth-order valence-electron chi connectivity index (χ4n) is 4.17. The number of aromatic amines is 1. The molecular weight excluding hydrogens is 460 g/mol. The number of hydrogen-bond acceptors (Lipinski definition) is 7. The fraction of sp³-hybridized carbons (Fsp3) is 0.440. The predicted octanol–water partition coefficient (Wildman–Crippen LogP) is 3.34. The van der Waals surface area contributed by atoms with Gasteiger partial charge in [0.15, 0.2) is 28.3 Å². The van der Waals surface area contributed by atoms with Crippen LogP contribution in [0.5, 0.6) is 5.75 Å².